The first kappa shape index (κ1) is 15.9. The number of aromatic nitrogens is 2. The minimum Gasteiger partial charge on any atom is -0.496 e. The van der Waals surface area contributed by atoms with Crippen molar-refractivity contribution < 1.29 is 22.3 Å². The molecule has 24 heavy (non-hydrogen) atoms. The standard InChI is InChI=1S/C16H12F3N3O2/c1-23-12-5-3-2-4-9(12)16-22-21-13(24-16)8-20-11-7-6-10(17)14(18)15(11)19/h2-7,20H,8H2,1H3. The van der Waals surface area contributed by atoms with Crippen LogP contribution in [-0.2, 0) is 6.54 Å². The molecule has 3 aromatic rings. The average molecular weight is 335 g/mol. The molecule has 0 aliphatic heterocycles. The van der Waals surface area contributed by atoms with Crippen molar-refractivity contribution in [3.63, 3.8) is 0 Å². The molecule has 1 N–H and O–H groups in total. The summed E-state index contributed by atoms with van der Waals surface area (Å²) in [7, 11) is 1.52. The van der Waals surface area contributed by atoms with E-state index in [0.717, 1.165) is 12.1 Å². The van der Waals surface area contributed by atoms with Crippen molar-refractivity contribution in [3.8, 4) is 17.2 Å². The third-order valence-corrected chi connectivity index (χ3v) is 3.27. The average Bonchev–Trinajstić information content (AvgIpc) is 3.08. The SMILES string of the molecule is COc1ccccc1-c1nnc(CNc2ccc(F)c(F)c2F)o1. The first-order valence-electron chi connectivity index (χ1n) is 6.93. The summed E-state index contributed by atoms with van der Waals surface area (Å²) in [5.41, 5.74) is 0.406. The number of methoxy groups -OCH3 is 1. The number of nitrogens with one attached hydrogen (secondary N) is 1. The molecule has 0 atom stereocenters. The Morgan fingerprint density at radius 2 is 1.83 bits per heavy atom. The lowest BCUT2D eigenvalue weighted by Crippen LogP contribution is -2.04. The van der Waals surface area contributed by atoms with Crippen molar-refractivity contribution in [2.24, 2.45) is 0 Å². The van der Waals surface area contributed by atoms with Crippen molar-refractivity contribution >= 4 is 5.69 Å². The second-order valence-corrected chi connectivity index (χ2v) is 4.78. The zero-order valence-corrected chi connectivity index (χ0v) is 12.5. The lowest BCUT2D eigenvalue weighted by Gasteiger charge is -2.06. The molecular weight excluding hydrogens is 323 g/mol. The fourth-order valence-electron chi connectivity index (χ4n) is 2.09. The molecule has 124 valence electrons. The van der Waals surface area contributed by atoms with Crippen molar-refractivity contribution in [1.29, 1.82) is 0 Å². The van der Waals surface area contributed by atoms with Gasteiger partial charge >= 0.3 is 0 Å². The molecule has 0 amide bonds. The largest absolute Gasteiger partial charge is 0.496 e. The van der Waals surface area contributed by atoms with Gasteiger partial charge in [-0.1, -0.05) is 12.1 Å². The Morgan fingerprint density at radius 1 is 1.04 bits per heavy atom. The highest BCUT2D eigenvalue weighted by atomic mass is 19.2. The van der Waals surface area contributed by atoms with Gasteiger partial charge in [0.1, 0.15) is 5.75 Å². The highest BCUT2D eigenvalue weighted by molar-refractivity contribution is 5.62. The van der Waals surface area contributed by atoms with Crippen LogP contribution in [0, 0.1) is 17.5 Å². The van der Waals surface area contributed by atoms with Gasteiger partial charge in [0, 0.05) is 0 Å². The summed E-state index contributed by atoms with van der Waals surface area (Å²) in [6.45, 7) is -0.0514. The predicted molar refractivity (Wildman–Crippen MR) is 79.9 cm³/mol. The Bertz CT molecular complexity index is 868. The van der Waals surface area contributed by atoms with E-state index in [2.05, 4.69) is 15.5 Å². The van der Waals surface area contributed by atoms with Crippen LogP contribution in [0.5, 0.6) is 5.75 Å². The molecule has 0 unspecified atom stereocenters. The first-order valence-corrected chi connectivity index (χ1v) is 6.93. The van der Waals surface area contributed by atoms with E-state index in [-0.39, 0.29) is 24.0 Å². The van der Waals surface area contributed by atoms with Gasteiger partial charge in [-0.2, -0.15) is 0 Å². The van der Waals surface area contributed by atoms with E-state index >= 15 is 0 Å². The smallest absolute Gasteiger partial charge is 0.251 e. The van der Waals surface area contributed by atoms with Crippen LogP contribution in [0.4, 0.5) is 18.9 Å². The summed E-state index contributed by atoms with van der Waals surface area (Å²) in [5.74, 6) is -3.16. The zero-order valence-electron chi connectivity index (χ0n) is 12.5. The zero-order chi connectivity index (χ0) is 17.1. The molecule has 0 saturated carbocycles. The van der Waals surface area contributed by atoms with Crippen molar-refractivity contribution in [2.75, 3.05) is 12.4 Å². The Morgan fingerprint density at radius 3 is 2.62 bits per heavy atom. The Labute approximate surface area is 135 Å². The quantitative estimate of drug-likeness (QED) is 0.719. The van der Waals surface area contributed by atoms with Gasteiger partial charge in [-0.25, -0.2) is 13.2 Å². The highest BCUT2D eigenvalue weighted by Crippen LogP contribution is 2.28. The summed E-state index contributed by atoms with van der Waals surface area (Å²) >= 11 is 0. The molecule has 1 aromatic heterocycles. The van der Waals surface area contributed by atoms with E-state index in [1.807, 2.05) is 0 Å². The minimum atomic E-state index is -1.54. The summed E-state index contributed by atoms with van der Waals surface area (Å²) in [6, 6.07) is 9.00. The van der Waals surface area contributed by atoms with Crippen LogP contribution in [0.15, 0.2) is 40.8 Å². The fraction of sp³-hybridized carbons (Fsp3) is 0.125. The first-order chi connectivity index (χ1) is 11.6. The van der Waals surface area contributed by atoms with Crippen LogP contribution >= 0.6 is 0 Å². The Hall–Kier alpha value is -3.03. The van der Waals surface area contributed by atoms with Crippen LogP contribution in [0.3, 0.4) is 0 Å². The molecule has 0 fully saturated rings. The van der Waals surface area contributed by atoms with Gasteiger partial charge in [-0.3, -0.25) is 0 Å². The molecular formula is C16H12F3N3O2. The number of benzene rings is 2. The molecule has 3 rings (SSSR count). The number of hydrogen-bond acceptors (Lipinski definition) is 5. The number of rotatable bonds is 5. The summed E-state index contributed by atoms with van der Waals surface area (Å²) in [4.78, 5) is 0. The number of nitrogens with zero attached hydrogens (tertiary/aromatic N) is 2. The van der Waals surface area contributed by atoms with Gasteiger partial charge in [0.2, 0.25) is 5.89 Å². The van der Waals surface area contributed by atoms with E-state index in [1.54, 1.807) is 24.3 Å². The van der Waals surface area contributed by atoms with E-state index in [1.165, 1.54) is 7.11 Å². The second kappa shape index (κ2) is 6.61. The molecule has 0 bridgehead atoms. The molecule has 0 saturated heterocycles. The molecule has 0 spiro atoms. The number of halogens is 3. The molecule has 0 aliphatic carbocycles. The summed E-state index contributed by atoms with van der Waals surface area (Å²) < 4.78 is 50.3. The maximum atomic E-state index is 13.6. The van der Waals surface area contributed by atoms with Gasteiger partial charge in [-0.05, 0) is 24.3 Å². The van der Waals surface area contributed by atoms with Crippen LogP contribution < -0.4 is 10.1 Å². The number of anilines is 1. The lowest BCUT2D eigenvalue weighted by atomic mass is 10.2. The van der Waals surface area contributed by atoms with Crippen LogP contribution in [-0.4, -0.2) is 17.3 Å². The molecule has 2 aromatic carbocycles. The Balaban J connectivity index is 1.77. The summed E-state index contributed by atoms with van der Waals surface area (Å²) in [5, 5.41) is 10.3. The highest BCUT2D eigenvalue weighted by Gasteiger charge is 2.15. The van der Waals surface area contributed by atoms with Gasteiger partial charge in [0.05, 0.1) is 24.9 Å². The van der Waals surface area contributed by atoms with Crippen molar-refractivity contribution in [1.82, 2.24) is 10.2 Å². The van der Waals surface area contributed by atoms with Crippen LogP contribution in [0.25, 0.3) is 11.5 Å². The molecule has 0 radical (unpaired) electrons. The van der Waals surface area contributed by atoms with E-state index in [9.17, 15) is 13.2 Å². The minimum absolute atomic E-state index is 0.0514. The van der Waals surface area contributed by atoms with E-state index in [0.29, 0.717) is 11.3 Å². The number of ether oxygens (including phenoxy) is 1. The van der Waals surface area contributed by atoms with Gasteiger partial charge in [0.25, 0.3) is 5.89 Å². The van der Waals surface area contributed by atoms with Gasteiger partial charge in [0.15, 0.2) is 17.5 Å². The normalized spacial score (nSPS) is 10.7. The van der Waals surface area contributed by atoms with E-state index in [4.69, 9.17) is 9.15 Å². The Kier molecular flexibility index (Phi) is 4.37. The van der Waals surface area contributed by atoms with E-state index < -0.39 is 17.5 Å². The fourth-order valence-corrected chi connectivity index (χ4v) is 2.09. The predicted octanol–water partition coefficient (Wildman–Crippen LogP) is 3.77. The van der Waals surface area contributed by atoms with Gasteiger partial charge in [-0.15, -0.1) is 10.2 Å². The lowest BCUT2D eigenvalue weighted by molar-refractivity contribution is 0.413. The maximum absolute atomic E-state index is 13.6. The summed E-state index contributed by atoms with van der Waals surface area (Å²) in [6.07, 6.45) is 0. The van der Waals surface area contributed by atoms with Crippen molar-refractivity contribution in [3.05, 3.63) is 59.7 Å². The van der Waals surface area contributed by atoms with Crippen LogP contribution in [0.1, 0.15) is 5.89 Å². The second-order valence-electron chi connectivity index (χ2n) is 4.78. The number of hydrogen-bond donors (Lipinski definition) is 1. The molecule has 1 heterocycles. The molecule has 8 heteroatoms. The third kappa shape index (κ3) is 3.03. The third-order valence-electron chi connectivity index (χ3n) is 3.27. The van der Waals surface area contributed by atoms with Crippen molar-refractivity contribution in [2.45, 2.75) is 6.54 Å². The number of para-hydroxylation sites is 1. The molecule has 5 nitrogen and oxygen atoms in total. The topological polar surface area (TPSA) is 60.2 Å². The maximum Gasteiger partial charge on any atom is 0.251 e. The monoisotopic (exact) mass is 335 g/mol. The molecule has 0 aliphatic rings. The van der Waals surface area contributed by atoms with Gasteiger partial charge < -0.3 is 14.5 Å². The van der Waals surface area contributed by atoms with Crippen LogP contribution in [0.2, 0.25) is 0 Å².